The molecule has 1 heterocycles. The number of rotatable bonds is 7. The Bertz CT molecular complexity index is 615. The van der Waals surface area contributed by atoms with Crippen LogP contribution in [0, 0.1) is 5.92 Å². The van der Waals surface area contributed by atoms with Crippen molar-refractivity contribution in [3.63, 3.8) is 0 Å². The summed E-state index contributed by atoms with van der Waals surface area (Å²) < 4.78 is 11.5. The Morgan fingerprint density at radius 2 is 2.12 bits per heavy atom. The summed E-state index contributed by atoms with van der Waals surface area (Å²) in [5.41, 5.74) is 0.198. The van der Waals surface area contributed by atoms with Crippen LogP contribution in [0.2, 0.25) is 0 Å². The van der Waals surface area contributed by atoms with Gasteiger partial charge in [-0.1, -0.05) is 44.2 Å². The number of hydrogen-bond donors (Lipinski definition) is 1. The topological polar surface area (TPSA) is 64.6 Å². The highest BCUT2D eigenvalue weighted by molar-refractivity contribution is 5.97. The van der Waals surface area contributed by atoms with Crippen LogP contribution in [0.3, 0.4) is 0 Å². The third kappa shape index (κ3) is 3.93. The molecule has 3 atom stereocenters. The van der Waals surface area contributed by atoms with E-state index in [2.05, 4.69) is 19.2 Å². The highest BCUT2D eigenvalue weighted by Gasteiger charge is 2.55. The number of carbonyl (C=O) groups excluding carboxylic acids is 2. The second-order valence-corrected chi connectivity index (χ2v) is 7.49. The van der Waals surface area contributed by atoms with Crippen molar-refractivity contribution in [3.05, 3.63) is 35.9 Å². The molecule has 1 N–H and O–H groups in total. The van der Waals surface area contributed by atoms with Crippen molar-refractivity contribution >= 4 is 11.7 Å². The Morgan fingerprint density at radius 3 is 2.84 bits per heavy atom. The van der Waals surface area contributed by atoms with Gasteiger partial charge in [0.2, 0.25) is 5.91 Å². The van der Waals surface area contributed by atoms with Crippen molar-refractivity contribution < 1.29 is 19.1 Å². The molecule has 1 saturated heterocycles. The lowest BCUT2D eigenvalue weighted by atomic mass is 9.91. The van der Waals surface area contributed by atoms with E-state index >= 15 is 0 Å². The van der Waals surface area contributed by atoms with Crippen LogP contribution in [0.5, 0.6) is 0 Å². The first-order valence-corrected chi connectivity index (χ1v) is 9.14. The first-order valence-electron chi connectivity index (χ1n) is 9.14. The zero-order valence-corrected chi connectivity index (χ0v) is 15.0. The standard InChI is InChI=1S/C20H27NO4/c1-14(2)11-16(24-12-15-7-4-3-5-8-15)19(23)21-20-10-6-9-18(20)25-13-17(20)22/h3-5,7-8,14,16,18H,6,9-13H2,1-2H3,(H,21,23)/t16?,18-,20+/m1/s1. The molecule has 0 spiro atoms. The van der Waals surface area contributed by atoms with Gasteiger partial charge in [0, 0.05) is 0 Å². The summed E-state index contributed by atoms with van der Waals surface area (Å²) in [4.78, 5) is 25.3. The van der Waals surface area contributed by atoms with Crippen molar-refractivity contribution in [3.8, 4) is 0 Å². The van der Waals surface area contributed by atoms with Crippen LogP contribution >= 0.6 is 0 Å². The number of nitrogens with one attached hydrogen (secondary N) is 1. The Balaban J connectivity index is 1.67. The molecule has 0 bridgehead atoms. The molecule has 1 saturated carbocycles. The predicted molar refractivity (Wildman–Crippen MR) is 93.9 cm³/mol. The molecule has 2 aliphatic rings. The second-order valence-electron chi connectivity index (χ2n) is 7.49. The molecule has 1 amide bonds. The van der Waals surface area contributed by atoms with Gasteiger partial charge in [0.1, 0.15) is 18.2 Å². The van der Waals surface area contributed by atoms with Gasteiger partial charge in [0.05, 0.1) is 12.7 Å². The van der Waals surface area contributed by atoms with Crippen LogP contribution in [-0.2, 0) is 25.7 Å². The van der Waals surface area contributed by atoms with Gasteiger partial charge in [-0.05, 0) is 37.2 Å². The minimum absolute atomic E-state index is 0.00490. The van der Waals surface area contributed by atoms with Gasteiger partial charge >= 0.3 is 0 Å². The lowest BCUT2D eigenvalue weighted by Crippen LogP contribution is -2.58. The Hall–Kier alpha value is -1.72. The number of ether oxygens (including phenoxy) is 2. The van der Waals surface area contributed by atoms with Crippen LogP contribution in [0.4, 0.5) is 0 Å². The van der Waals surface area contributed by atoms with E-state index in [9.17, 15) is 9.59 Å². The van der Waals surface area contributed by atoms with Crippen LogP contribution in [0.15, 0.2) is 30.3 Å². The number of Topliss-reactive ketones (excluding diaryl/α,β-unsaturated/α-hetero) is 1. The molecule has 2 fully saturated rings. The van der Waals surface area contributed by atoms with E-state index in [1.165, 1.54) is 0 Å². The molecule has 5 heteroatoms. The van der Waals surface area contributed by atoms with Gasteiger partial charge < -0.3 is 14.8 Å². The molecule has 25 heavy (non-hydrogen) atoms. The number of ketones is 1. The monoisotopic (exact) mass is 345 g/mol. The minimum Gasteiger partial charge on any atom is -0.367 e. The molecule has 1 aromatic rings. The van der Waals surface area contributed by atoms with Crippen LogP contribution in [-0.4, -0.2) is 36.0 Å². The van der Waals surface area contributed by atoms with Gasteiger partial charge in [0.15, 0.2) is 5.78 Å². The summed E-state index contributed by atoms with van der Waals surface area (Å²) in [5, 5.41) is 3.01. The fraction of sp³-hybridized carbons (Fsp3) is 0.600. The molecule has 3 rings (SSSR count). The van der Waals surface area contributed by atoms with Crippen molar-refractivity contribution in [2.24, 2.45) is 5.92 Å². The van der Waals surface area contributed by atoms with Gasteiger partial charge in [-0.3, -0.25) is 9.59 Å². The molecule has 5 nitrogen and oxygen atoms in total. The van der Waals surface area contributed by atoms with Crippen molar-refractivity contribution in [1.29, 1.82) is 0 Å². The normalized spacial score (nSPS) is 26.7. The zero-order chi connectivity index (χ0) is 17.9. The molecule has 1 unspecified atom stereocenters. The summed E-state index contributed by atoms with van der Waals surface area (Å²) in [6, 6.07) is 9.81. The third-order valence-corrected chi connectivity index (χ3v) is 5.12. The number of amides is 1. The average molecular weight is 345 g/mol. The summed E-state index contributed by atoms with van der Waals surface area (Å²) in [6.07, 6.45) is 2.26. The van der Waals surface area contributed by atoms with E-state index in [1.807, 2.05) is 30.3 Å². The quantitative estimate of drug-likeness (QED) is 0.825. The second kappa shape index (κ2) is 7.67. The molecular formula is C20H27NO4. The molecule has 1 aliphatic heterocycles. The summed E-state index contributed by atoms with van der Waals surface area (Å²) in [6.45, 7) is 4.61. The molecule has 1 aromatic carbocycles. The molecule has 0 radical (unpaired) electrons. The van der Waals surface area contributed by atoms with Crippen molar-refractivity contribution in [2.75, 3.05) is 6.61 Å². The molecular weight excluding hydrogens is 318 g/mol. The molecule has 0 aromatic heterocycles. The van der Waals surface area contributed by atoms with E-state index in [0.717, 1.165) is 18.4 Å². The van der Waals surface area contributed by atoms with Gasteiger partial charge in [-0.2, -0.15) is 0 Å². The first-order chi connectivity index (χ1) is 12.0. The summed E-state index contributed by atoms with van der Waals surface area (Å²) >= 11 is 0. The first kappa shape index (κ1) is 18.1. The smallest absolute Gasteiger partial charge is 0.250 e. The average Bonchev–Trinajstić information content (AvgIpc) is 3.12. The fourth-order valence-corrected chi connectivity index (χ4v) is 3.79. The molecule has 136 valence electrons. The third-order valence-electron chi connectivity index (χ3n) is 5.12. The van der Waals surface area contributed by atoms with Crippen LogP contribution < -0.4 is 5.32 Å². The SMILES string of the molecule is CC(C)CC(OCc1ccccc1)C(=O)N[C@]12CCC[C@H]1OCC2=O. The Labute approximate surface area is 149 Å². The highest BCUT2D eigenvalue weighted by Crippen LogP contribution is 2.38. The number of carbonyl (C=O) groups is 2. The highest BCUT2D eigenvalue weighted by atomic mass is 16.5. The van der Waals surface area contributed by atoms with E-state index in [1.54, 1.807) is 0 Å². The van der Waals surface area contributed by atoms with Crippen molar-refractivity contribution in [2.45, 2.75) is 63.9 Å². The fourth-order valence-electron chi connectivity index (χ4n) is 3.79. The van der Waals surface area contributed by atoms with Crippen LogP contribution in [0.1, 0.15) is 45.1 Å². The Morgan fingerprint density at radius 1 is 1.36 bits per heavy atom. The van der Waals surface area contributed by atoms with E-state index < -0.39 is 11.6 Å². The predicted octanol–water partition coefficient (Wildman–Crippen LogP) is 2.62. The van der Waals surface area contributed by atoms with Gasteiger partial charge in [-0.15, -0.1) is 0 Å². The number of fused-ring (bicyclic) bond motifs is 1. The van der Waals surface area contributed by atoms with E-state index in [-0.39, 0.29) is 24.4 Å². The van der Waals surface area contributed by atoms with Gasteiger partial charge in [-0.25, -0.2) is 0 Å². The number of benzene rings is 1. The lowest BCUT2D eigenvalue weighted by molar-refractivity contribution is -0.140. The maximum atomic E-state index is 12.9. The molecule has 1 aliphatic carbocycles. The van der Waals surface area contributed by atoms with Crippen molar-refractivity contribution in [1.82, 2.24) is 5.32 Å². The van der Waals surface area contributed by atoms with E-state index in [0.29, 0.717) is 25.4 Å². The van der Waals surface area contributed by atoms with E-state index in [4.69, 9.17) is 9.47 Å². The zero-order valence-electron chi connectivity index (χ0n) is 15.0. The summed E-state index contributed by atoms with van der Waals surface area (Å²) in [5.74, 6) is 0.115. The van der Waals surface area contributed by atoms with Gasteiger partial charge in [0.25, 0.3) is 0 Å². The maximum Gasteiger partial charge on any atom is 0.250 e. The summed E-state index contributed by atoms with van der Waals surface area (Å²) in [7, 11) is 0. The van der Waals surface area contributed by atoms with Crippen LogP contribution in [0.25, 0.3) is 0 Å². The largest absolute Gasteiger partial charge is 0.367 e. The number of hydrogen-bond acceptors (Lipinski definition) is 4. The lowest BCUT2D eigenvalue weighted by Gasteiger charge is -2.30. The minimum atomic E-state index is -0.831. The maximum absolute atomic E-state index is 12.9. The Kier molecular flexibility index (Phi) is 5.54.